The first kappa shape index (κ1) is 11.3. The minimum Gasteiger partial charge on any atom is -0.382 e. The Bertz CT molecular complexity index is 209. The van der Waals surface area contributed by atoms with Crippen molar-refractivity contribution in [2.45, 2.75) is 6.18 Å². The number of carbonyl (C=O) groups is 1. The van der Waals surface area contributed by atoms with Gasteiger partial charge in [0.25, 0.3) is 5.78 Å². The van der Waals surface area contributed by atoms with Crippen LogP contribution in [0.4, 0.5) is 13.2 Å². The van der Waals surface area contributed by atoms with E-state index in [2.05, 4.69) is 0 Å². The average molecular weight is 202 g/mol. The highest BCUT2D eigenvalue weighted by atomic mass is 35.5. The number of hydrogen-bond donors (Lipinski definition) is 0. The van der Waals surface area contributed by atoms with E-state index in [4.69, 9.17) is 11.6 Å². The summed E-state index contributed by atoms with van der Waals surface area (Å²) >= 11 is 5.06. The second kappa shape index (κ2) is 3.80. The van der Waals surface area contributed by atoms with Crippen LogP contribution in [0, 0.1) is 0 Å². The molecule has 0 aliphatic rings. The fourth-order valence-electron chi connectivity index (χ4n) is 0.421. The number of nitrogens with zero attached hydrogens (tertiary/aromatic N) is 1. The van der Waals surface area contributed by atoms with Gasteiger partial charge in [-0.25, -0.2) is 0 Å². The molecule has 0 amide bonds. The van der Waals surface area contributed by atoms with E-state index >= 15 is 0 Å². The van der Waals surface area contributed by atoms with Crippen molar-refractivity contribution in [3.8, 4) is 0 Å². The van der Waals surface area contributed by atoms with Crippen LogP contribution in [0.1, 0.15) is 0 Å². The quantitative estimate of drug-likeness (QED) is 0.635. The van der Waals surface area contributed by atoms with Crippen molar-refractivity contribution >= 4 is 17.4 Å². The van der Waals surface area contributed by atoms with Crippen molar-refractivity contribution in [2.75, 3.05) is 14.1 Å². The summed E-state index contributed by atoms with van der Waals surface area (Å²) in [6.07, 6.45) is -4.00. The molecule has 0 unspecified atom stereocenters. The zero-order valence-electron chi connectivity index (χ0n) is 6.44. The van der Waals surface area contributed by atoms with Crippen LogP contribution in [0.2, 0.25) is 0 Å². The molecule has 0 aromatic heterocycles. The molecule has 2 nitrogen and oxygen atoms in total. The van der Waals surface area contributed by atoms with Crippen molar-refractivity contribution < 1.29 is 18.0 Å². The van der Waals surface area contributed by atoms with Crippen molar-refractivity contribution in [2.24, 2.45) is 0 Å². The van der Waals surface area contributed by atoms with Crippen LogP contribution in [-0.2, 0) is 4.79 Å². The number of ketones is 1. The summed E-state index contributed by atoms with van der Waals surface area (Å²) in [6.45, 7) is 0. The van der Waals surface area contributed by atoms with Gasteiger partial charge in [0, 0.05) is 20.3 Å². The molecule has 0 aliphatic heterocycles. The van der Waals surface area contributed by atoms with Crippen LogP contribution in [0.5, 0.6) is 0 Å². The lowest BCUT2D eigenvalue weighted by Crippen LogP contribution is -2.23. The number of allylic oxidation sites excluding steroid dienone is 1. The normalized spacial score (nSPS) is 13.0. The van der Waals surface area contributed by atoms with Crippen LogP contribution in [0.3, 0.4) is 0 Å². The molecule has 0 bridgehead atoms. The van der Waals surface area contributed by atoms with Gasteiger partial charge < -0.3 is 4.90 Å². The summed E-state index contributed by atoms with van der Waals surface area (Å²) in [4.78, 5) is 11.6. The Morgan fingerprint density at radius 1 is 1.42 bits per heavy atom. The van der Waals surface area contributed by atoms with Crippen molar-refractivity contribution in [1.29, 1.82) is 0 Å². The van der Waals surface area contributed by atoms with Crippen LogP contribution in [0.25, 0.3) is 0 Å². The average Bonchev–Trinajstić information content (AvgIpc) is 1.82. The van der Waals surface area contributed by atoms with Gasteiger partial charge in [0.15, 0.2) is 0 Å². The molecule has 0 spiro atoms. The highest BCUT2D eigenvalue weighted by molar-refractivity contribution is 6.43. The van der Waals surface area contributed by atoms with E-state index in [0.29, 0.717) is 0 Å². The zero-order valence-corrected chi connectivity index (χ0v) is 7.20. The maximum Gasteiger partial charge on any atom is 0.455 e. The molecule has 0 saturated carbocycles. The Balaban J connectivity index is 4.51. The third kappa shape index (κ3) is 3.61. The minimum atomic E-state index is -4.90. The van der Waals surface area contributed by atoms with Crippen LogP contribution in [0.15, 0.2) is 11.2 Å². The summed E-state index contributed by atoms with van der Waals surface area (Å²) in [5, 5.41) is -0.840. The van der Waals surface area contributed by atoms with E-state index in [1.54, 1.807) is 0 Å². The molecular weight excluding hydrogens is 195 g/mol. The highest BCUT2D eigenvalue weighted by Gasteiger charge is 2.40. The van der Waals surface area contributed by atoms with E-state index < -0.39 is 17.0 Å². The maximum absolute atomic E-state index is 11.7. The summed E-state index contributed by atoms with van der Waals surface area (Å²) in [5.41, 5.74) is 0. The van der Waals surface area contributed by atoms with Crippen molar-refractivity contribution in [1.82, 2.24) is 4.90 Å². The minimum absolute atomic E-state index is 0.840. The molecule has 0 rings (SSSR count). The predicted molar refractivity (Wildman–Crippen MR) is 38.7 cm³/mol. The summed E-state index contributed by atoms with van der Waals surface area (Å²) in [5.74, 6) is -2.03. The Morgan fingerprint density at radius 2 is 1.83 bits per heavy atom. The van der Waals surface area contributed by atoms with Gasteiger partial charge in [-0.3, -0.25) is 4.79 Å². The number of hydrogen-bond acceptors (Lipinski definition) is 2. The Hall–Kier alpha value is -0.710. The fraction of sp³-hybridized carbons (Fsp3) is 0.500. The smallest absolute Gasteiger partial charge is 0.382 e. The molecule has 6 heteroatoms. The molecule has 70 valence electrons. The molecular formula is C6H7ClF3NO. The van der Waals surface area contributed by atoms with Crippen LogP contribution in [-0.4, -0.2) is 31.0 Å². The van der Waals surface area contributed by atoms with E-state index in [-0.39, 0.29) is 0 Å². The number of halogens is 4. The number of Topliss-reactive ketones (excluding diaryl/α,β-unsaturated/α-hetero) is 1. The second-order valence-electron chi connectivity index (χ2n) is 2.27. The molecule has 0 aliphatic carbocycles. The topological polar surface area (TPSA) is 20.3 Å². The molecule has 0 aromatic rings. The lowest BCUT2D eigenvalue weighted by molar-refractivity contribution is -0.165. The van der Waals surface area contributed by atoms with Gasteiger partial charge in [0.1, 0.15) is 5.03 Å². The third-order valence-corrected chi connectivity index (χ3v) is 1.12. The van der Waals surface area contributed by atoms with Crippen LogP contribution < -0.4 is 0 Å². The largest absolute Gasteiger partial charge is 0.455 e. The van der Waals surface area contributed by atoms with Gasteiger partial charge in [-0.05, 0) is 0 Å². The van der Waals surface area contributed by atoms with E-state index in [0.717, 1.165) is 6.20 Å². The lowest BCUT2D eigenvalue weighted by atomic mass is 10.3. The number of rotatable bonds is 2. The van der Waals surface area contributed by atoms with E-state index in [9.17, 15) is 18.0 Å². The van der Waals surface area contributed by atoms with E-state index in [1.165, 1.54) is 19.0 Å². The summed E-state index contributed by atoms with van der Waals surface area (Å²) in [6, 6.07) is 0. The molecule has 0 heterocycles. The van der Waals surface area contributed by atoms with Gasteiger partial charge in [-0.2, -0.15) is 13.2 Å². The molecule has 0 atom stereocenters. The van der Waals surface area contributed by atoms with Gasteiger partial charge in [0.2, 0.25) is 0 Å². The number of alkyl halides is 3. The fourth-order valence-corrected chi connectivity index (χ4v) is 0.723. The lowest BCUT2D eigenvalue weighted by Gasteiger charge is -2.07. The van der Waals surface area contributed by atoms with Gasteiger partial charge in [0.05, 0.1) is 0 Å². The molecule has 0 saturated heterocycles. The predicted octanol–water partition coefficient (Wildman–Crippen LogP) is 1.76. The summed E-state index contributed by atoms with van der Waals surface area (Å²) < 4.78 is 35.0. The SMILES string of the molecule is CN(C)C=C(Cl)C(=O)C(F)(F)F. The maximum atomic E-state index is 11.7. The Labute approximate surface area is 72.6 Å². The van der Waals surface area contributed by atoms with Gasteiger partial charge in [-0.1, -0.05) is 11.6 Å². The Kier molecular flexibility index (Phi) is 3.57. The van der Waals surface area contributed by atoms with E-state index in [1.807, 2.05) is 0 Å². The first-order chi connectivity index (χ1) is 5.25. The molecule has 0 radical (unpaired) electrons. The van der Waals surface area contributed by atoms with Crippen molar-refractivity contribution in [3.63, 3.8) is 0 Å². The van der Waals surface area contributed by atoms with Gasteiger partial charge >= 0.3 is 6.18 Å². The summed E-state index contributed by atoms with van der Waals surface area (Å²) in [7, 11) is 2.93. The highest BCUT2D eigenvalue weighted by Crippen LogP contribution is 2.22. The van der Waals surface area contributed by atoms with Crippen LogP contribution >= 0.6 is 11.6 Å². The molecule has 12 heavy (non-hydrogen) atoms. The number of carbonyl (C=O) groups excluding carboxylic acids is 1. The first-order valence-corrected chi connectivity index (χ1v) is 3.28. The zero-order chi connectivity index (χ0) is 9.94. The van der Waals surface area contributed by atoms with Gasteiger partial charge in [-0.15, -0.1) is 0 Å². The standard InChI is InChI=1S/C6H7ClF3NO/c1-11(2)3-4(7)5(12)6(8,9)10/h3H,1-2H3. The third-order valence-electron chi connectivity index (χ3n) is 0.846. The van der Waals surface area contributed by atoms with Crippen molar-refractivity contribution in [3.05, 3.63) is 11.2 Å². The first-order valence-electron chi connectivity index (χ1n) is 2.90. The molecule has 0 fully saturated rings. The monoisotopic (exact) mass is 201 g/mol. The second-order valence-corrected chi connectivity index (χ2v) is 2.67. The Morgan fingerprint density at radius 3 is 2.08 bits per heavy atom. The molecule has 0 N–H and O–H groups in total. The molecule has 0 aromatic carbocycles.